The highest BCUT2D eigenvalue weighted by Gasteiger charge is 2.04. The number of benzene rings is 1. The number of thioether (sulfide) groups is 1. The number of aliphatic hydroxyl groups is 1. The van der Waals surface area contributed by atoms with Crippen molar-refractivity contribution >= 4 is 22.8 Å². The van der Waals surface area contributed by atoms with E-state index in [2.05, 4.69) is 4.98 Å². The summed E-state index contributed by atoms with van der Waals surface area (Å²) in [5, 5.41) is 8.66. The highest BCUT2D eigenvalue weighted by Crippen LogP contribution is 2.11. The molecule has 0 aliphatic carbocycles. The van der Waals surface area contributed by atoms with E-state index < -0.39 is 0 Å². The lowest BCUT2D eigenvalue weighted by atomic mass is 10.3. The number of rotatable bonds is 7. The lowest BCUT2D eigenvalue weighted by Gasteiger charge is -2.03. The third-order valence-electron chi connectivity index (χ3n) is 2.80. The van der Waals surface area contributed by atoms with Gasteiger partial charge in [0.05, 0.1) is 11.0 Å². The van der Waals surface area contributed by atoms with Crippen LogP contribution in [0.5, 0.6) is 0 Å². The van der Waals surface area contributed by atoms with Gasteiger partial charge in [0.2, 0.25) is 0 Å². The number of aliphatic hydroxyl groups excluding tert-OH is 1. The zero-order chi connectivity index (χ0) is 12.8. The molecule has 0 atom stereocenters. The summed E-state index contributed by atoms with van der Waals surface area (Å²) in [7, 11) is 0. The summed E-state index contributed by atoms with van der Waals surface area (Å²) in [6.07, 6.45) is 1.82. The first kappa shape index (κ1) is 13.2. The molecule has 0 aliphatic rings. The molecule has 0 amide bonds. The fourth-order valence-corrected chi connectivity index (χ4v) is 2.79. The van der Waals surface area contributed by atoms with E-state index in [9.17, 15) is 4.79 Å². The summed E-state index contributed by atoms with van der Waals surface area (Å²) in [6, 6.07) is 7.75. The fraction of sp³-hybridized carbons (Fsp3) is 0.462. The Kier molecular flexibility index (Phi) is 4.90. The van der Waals surface area contributed by atoms with Gasteiger partial charge in [-0.05, 0) is 36.5 Å². The number of H-pyrrole nitrogens is 1. The average molecular weight is 266 g/mol. The number of nitrogens with zero attached hydrogens (tertiary/aromatic N) is 1. The van der Waals surface area contributed by atoms with E-state index in [1.807, 2.05) is 36.0 Å². The Morgan fingerprint density at radius 3 is 2.83 bits per heavy atom. The maximum absolute atomic E-state index is 11.8. The molecule has 0 aliphatic heterocycles. The van der Waals surface area contributed by atoms with Crippen LogP contribution in [0, 0.1) is 0 Å². The van der Waals surface area contributed by atoms with Crippen molar-refractivity contribution in [3.63, 3.8) is 0 Å². The molecule has 1 aromatic carbocycles. The Labute approximate surface area is 110 Å². The van der Waals surface area contributed by atoms with Gasteiger partial charge in [0.1, 0.15) is 0 Å². The molecule has 2 N–H and O–H groups in total. The summed E-state index contributed by atoms with van der Waals surface area (Å²) in [6.45, 7) is 1.00. The van der Waals surface area contributed by atoms with Crippen LogP contribution in [0.3, 0.4) is 0 Å². The summed E-state index contributed by atoms with van der Waals surface area (Å²) >= 11 is 1.83. The van der Waals surface area contributed by atoms with Crippen LogP contribution in [0.4, 0.5) is 0 Å². The number of para-hydroxylation sites is 2. The molecule has 2 rings (SSSR count). The molecule has 0 spiro atoms. The summed E-state index contributed by atoms with van der Waals surface area (Å²) < 4.78 is 1.79. The number of imidazole rings is 1. The molecule has 0 radical (unpaired) electrons. The molecule has 0 bridgehead atoms. The van der Waals surface area contributed by atoms with Gasteiger partial charge >= 0.3 is 5.69 Å². The predicted octanol–water partition coefficient (Wildman–Crippen LogP) is 1.84. The second-order valence-electron chi connectivity index (χ2n) is 4.14. The van der Waals surface area contributed by atoms with Crippen LogP contribution in [0.25, 0.3) is 11.0 Å². The average Bonchev–Trinajstić information content (AvgIpc) is 2.70. The van der Waals surface area contributed by atoms with Crippen molar-refractivity contribution in [1.29, 1.82) is 0 Å². The van der Waals surface area contributed by atoms with Crippen molar-refractivity contribution in [2.45, 2.75) is 19.4 Å². The fourth-order valence-electron chi connectivity index (χ4n) is 1.92. The van der Waals surface area contributed by atoms with E-state index in [4.69, 9.17) is 5.11 Å². The first-order chi connectivity index (χ1) is 8.83. The van der Waals surface area contributed by atoms with Gasteiger partial charge in [0, 0.05) is 13.2 Å². The van der Waals surface area contributed by atoms with E-state index >= 15 is 0 Å². The summed E-state index contributed by atoms with van der Waals surface area (Å²) in [5.74, 6) is 2.01. The lowest BCUT2D eigenvalue weighted by Crippen LogP contribution is -2.17. The normalized spacial score (nSPS) is 11.2. The van der Waals surface area contributed by atoms with E-state index in [1.165, 1.54) is 0 Å². The maximum atomic E-state index is 11.8. The lowest BCUT2D eigenvalue weighted by molar-refractivity contribution is 0.296. The van der Waals surface area contributed by atoms with E-state index in [1.54, 1.807) is 4.57 Å². The van der Waals surface area contributed by atoms with Crippen LogP contribution < -0.4 is 5.69 Å². The van der Waals surface area contributed by atoms with Crippen LogP contribution in [0.1, 0.15) is 12.8 Å². The Bertz CT molecular complexity index is 547. The van der Waals surface area contributed by atoms with Crippen LogP contribution in [0.2, 0.25) is 0 Å². The van der Waals surface area contributed by atoms with Gasteiger partial charge in [0.25, 0.3) is 0 Å². The van der Waals surface area contributed by atoms with Crippen LogP contribution in [-0.4, -0.2) is 32.8 Å². The number of aromatic nitrogens is 2. The second kappa shape index (κ2) is 6.66. The van der Waals surface area contributed by atoms with Crippen molar-refractivity contribution in [3.8, 4) is 0 Å². The molecule has 0 saturated heterocycles. The molecule has 2 aromatic rings. The third-order valence-corrected chi connectivity index (χ3v) is 3.95. The first-order valence-corrected chi connectivity index (χ1v) is 7.34. The zero-order valence-corrected chi connectivity index (χ0v) is 11.1. The van der Waals surface area contributed by atoms with Crippen LogP contribution in [0.15, 0.2) is 29.1 Å². The van der Waals surface area contributed by atoms with E-state index in [-0.39, 0.29) is 12.3 Å². The zero-order valence-electron chi connectivity index (χ0n) is 10.3. The minimum Gasteiger partial charge on any atom is -0.396 e. The predicted molar refractivity (Wildman–Crippen MR) is 76.2 cm³/mol. The number of aromatic amines is 1. The molecule has 0 unspecified atom stereocenters. The topological polar surface area (TPSA) is 58.0 Å². The minimum atomic E-state index is -0.0310. The Balaban J connectivity index is 1.91. The molecule has 4 nitrogen and oxygen atoms in total. The number of aryl methyl sites for hydroxylation is 1. The molecule has 18 heavy (non-hydrogen) atoms. The summed E-state index contributed by atoms with van der Waals surface area (Å²) in [4.78, 5) is 14.6. The van der Waals surface area contributed by atoms with Crippen molar-refractivity contribution < 1.29 is 5.11 Å². The number of hydrogen-bond donors (Lipinski definition) is 2. The van der Waals surface area contributed by atoms with Gasteiger partial charge in [-0.2, -0.15) is 11.8 Å². The molecule has 0 fully saturated rings. The van der Waals surface area contributed by atoms with Crippen LogP contribution >= 0.6 is 11.8 Å². The molecule has 98 valence electrons. The van der Waals surface area contributed by atoms with Gasteiger partial charge in [-0.15, -0.1) is 0 Å². The molecular formula is C13H18N2O2S. The largest absolute Gasteiger partial charge is 0.396 e. The van der Waals surface area contributed by atoms with Gasteiger partial charge in [-0.1, -0.05) is 12.1 Å². The highest BCUT2D eigenvalue weighted by atomic mass is 32.2. The number of nitrogens with one attached hydrogen (secondary N) is 1. The molecular weight excluding hydrogens is 248 g/mol. The second-order valence-corrected chi connectivity index (χ2v) is 5.37. The Morgan fingerprint density at radius 1 is 1.22 bits per heavy atom. The number of hydrogen-bond acceptors (Lipinski definition) is 3. The number of fused-ring (bicyclic) bond motifs is 1. The summed E-state index contributed by atoms with van der Waals surface area (Å²) in [5.41, 5.74) is 1.84. The van der Waals surface area contributed by atoms with E-state index in [0.29, 0.717) is 0 Å². The SMILES string of the molecule is O=c1[nH]c2ccccc2n1CCCSCCCO. The van der Waals surface area contributed by atoms with Gasteiger partial charge in [-0.25, -0.2) is 4.79 Å². The van der Waals surface area contributed by atoms with Crippen molar-refractivity contribution in [2.24, 2.45) is 0 Å². The standard InChI is InChI=1S/C13H18N2O2S/c16-8-4-10-18-9-3-7-15-12-6-2-1-5-11(12)14-13(15)17/h1-2,5-6,16H,3-4,7-10H2,(H,14,17). The smallest absolute Gasteiger partial charge is 0.326 e. The van der Waals surface area contributed by atoms with Gasteiger partial charge < -0.3 is 10.1 Å². The monoisotopic (exact) mass is 266 g/mol. The van der Waals surface area contributed by atoms with Crippen molar-refractivity contribution in [2.75, 3.05) is 18.1 Å². The van der Waals surface area contributed by atoms with Gasteiger partial charge in [-0.3, -0.25) is 4.57 Å². The Morgan fingerprint density at radius 2 is 2.00 bits per heavy atom. The van der Waals surface area contributed by atoms with Crippen LogP contribution in [-0.2, 0) is 6.54 Å². The molecule has 5 heteroatoms. The first-order valence-electron chi connectivity index (χ1n) is 6.19. The molecule has 1 aromatic heterocycles. The van der Waals surface area contributed by atoms with Gasteiger partial charge in [0.15, 0.2) is 0 Å². The highest BCUT2D eigenvalue weighted by molar-refractivity contribution is 7.99. The molecule has 0 saturated carbocycles. The van der Waals surface area contributed by atoms with Crippen molar-refractivity contribution in [1.82, 2.24) is 9.55 Å². The molecule has 1 heterocycles. The quantitative estimate of drug-likeness (QED) is 0.752. The Hall–Kier alpha value is -1.20. The van der Waals surface area contributed by atoms with Crippen molar-refractivity contribution in [3.05, 3.63) is 34.7 Å². The third kappa shape index (κ3) is 3.17. The minimum absolute atomic E-state index is 0.0310. The van der Waals surface area contributed by atoms with E-state index in [0.717, 1.165) is 41.9 Å². The maximum Gasteiger partial charge on any atom is 0.326 e.